The molecule has 0 bridgehead atoms. The molecule has 0 aromatic carbocycles. The highest BCUT2D eigenvalue weighted by Crippen LogP contribution is 2.42. The largest absolute Gasteiger partial charge is 0.339 e. The zero-order valence-electron chi connectivity index (χ0n) is 10.5. The molecule has 0 spiro atoms. The molecule has 0 amide bonds. The lowest BCUT2D eigenvalue weighted by molar-refractivity contribution is 0.129. The van der Waals surface area contributed by atoms with Crippen molar-refractivity contribution in [2.45, 2.75) is 25.7 Å². The zero-order chi connectivity index (χ0) is 13.3. The first-order chi connectivity index (χ1) is 9.21. The van der Waals surface area contributed by atoms with Gasteiger partial charge in [-0.2, -0.15) is 4.98 Å². The Morgan fingerprint density at radius 2 is 2.21 bits per heavy atom. The van der Waals surface area contributed by atoms with Gasteiger partial charge in [0.15, 0.2) is 0 Å². The molecular weight excluding hydrogens is 247 g/mol. The van der Waals surface area contributed by atoms with Gasteiger partial charge in [-0.1, -0.05) is 11.6 Å². The third kappa shape index (κ3) is 2.35. The third-order valence-electron chi connectivity index (χ3n) is 3.80. The quantitative estimate of drug-likeness (QED) is 0.911. The average molecular weight is 262 g/mol. The molecule has 19 heavy (non-hydrogen) atoms. The predicted octanol–water partition coefficient (Wildman–Crippen LogP) is 1.94. The van der Waals surface area contributed by atoms with Crippen LogP contribution in [0.25, 0.3) is 11.5 Å². The highest BCUT2D eigenvalue weighted by molar-refractivity contribution is 5.47. The molecule has 0 radical (unpaired) electrons. The average Bonchev–Trinajstić information content (AvgIpc) is 2.83. The second kappa shape index (κ2) is 4.70. The minimum Gasteiger partial charge on any atom is -0.339 e. The fourth-order valence-corrected chi connectivity index (χ4v) is 2.39. The van der Waals surface area contributed by atoms with Crippen molar-refractivity contribution >= 4 is 0 Å². The lowest BCUT2D eigenvalue weighted by Crippen LogP contribution is -2.39. The standard InChI is InChI=1S/C13H15FN4O/c14-9-2-3-10(16-7-9)12-17-11(19-18-12)6-13(8-15)4-1-5-13/h2-3,7H,1,4-6,8,15H2. The van der Waals surface area contributed by atoms with Crippen molar-refractivity contribution in [2.24, 2.45) is 11.1 Å². The first-order valence-corrected chi connectivity index (χ1v) is 6.35. The smallest absolute Gasteiger partial charge is 0.227 e. The van der Waals surface area contributed by atoms with Crippen LogP contribution in [-0.4, -0.2) is 21.7 Å². The number of nitrogens with two attached hydrogens (primary N) is 1. The first kappa shape index (κ1) is 12.2. The molecule has 0 unspecified atom stereocenters. The fourth-order valence-electron chi connectivity index (χ4n) is 2.39. The second-order valence-electron chi connectivity index (χ2n) is 5.11. The van der Waals surface area contributed by atoms with Gasteiger partial charge in [0.2, 0.25) is 11.7 Å². The summed E-state index contributed by atoms with van der Waals surface area (Å²) in [5, 5.41) is 3.88. The van der Waals surface area contributed by atoms with E-state index >= 15 is 0 Å². The van der Waals surface area contributed by atoms with Crippen molar-refractivity contribution in [2.75, 3.05) is 6.54 Å². The number of hydrogen-bond donors (Lipinski definition) is 1. The van der Waals surface area contributed by atoms with Gasteiger partial charge < -0.3 is 10.3 Å². The van der Waals surface area contributed by atoms with Gasteiger partial charge in [-0.15, -0.1) is 0 Å². The molecule has 2 aromatic heterocycles. The summed E-state index contributed by atoms with van der Waals surface area (Å²) < 4.78 is 18.0. The molecule has 3 rings (SSSR count). The van der Waals surface area contributed by atoms with Crippen LogP contribution >= 0.6 is 0 Å². The Morgan fingerprint density at radius 3 is 2.79 bits per heavy atom. The van der Waals surface area contributed by atoms with Crippen molar-refractivity contribution < 1.29 is 8.91 Å². The Kier molecular flexibility index (Phi) is 3.02. The van der Waals surface area contributed by atoms with E-state index in [0.717, 1.165) is 19.0 Å². The topological polar surface area (TPSA) is 77.8 Å². The van der Waals surface area contributed by atoms with E-state index < -0.39 is 0 Å². The zero-order valence-corrected chi connectivity index (χ0v) is 10.5. The van der Waals surface area contributed by atoms with Crippen molar-refractivity contribution in [1.29, 1.82) is 0 Å². The van der Waals surface area contributed by atoms with Gasteiger partial charge in [-0.3, -0.25) is 0 Å². The van der Waals surface area contributed by atoms with E-state index in [1.54, 1.807) is 0 Å². The molecule has 5 nitrogen and oxygen atoms in total. The molecule has 2 heterocycles. The van der Waals surface area contributed by atoms with Crippen LogP contribution < -0.4 is 5.73 Å². The molecule has 1 aliphatic rings. The van der Waals surface area contributed by atoms with Crippen LogP contribution in [0.4, 0.5) is 4.39 Å². The van der Waals surface area contributed by atoms with Gasteiger partial charge in [0, 0.05) is 6.42 Å². The van der Waals surface area contributed by atoms with E-state index in [0.29, 0.717) is 30.4 Å². The number of pyridine rings is 1. The number of nitrogens with zero attached hydrogens (tertiary/aromatic N) is 3. The molecule has 1 aliphatic carbocycles. The van der Waals surface area contributed by atoms with Gasteiger partial charge in [-0.25, -0.2) is 9.37 Å². The molecule has 0 aliphatic heterocycles. The molecule has 100 valence electrons. The van der Waals surface area contributed by atoms with Crippen molar-refractivity contribution in [3.05, 3.63) is 30.0 Å². The van der Waals surface area contributed by atoms with E-state index in [-0.39, 0.29) is 11.2 Å². The molecular formula is C13H15FN4O. The second-order valence-corrected chi connectivity index (χ2v) is 5.11. The van der Waals surface area contributed by atoms with Gasteiger partial charge in [-0.05, 0) is 36.9 Å². The number of halogens is 1. The molecule has 6 heteroatoms. The Balaban J connectivity index is 1.77. The molecule has 1 saturated carbocycles. The lowest BCUT2D eigenvalue weighted by Gasteiger charge is -2.39. The Hall–Kier alpha value is -1.82. The van der Waals surface area contributed by atoms with Crippen LogP contribution in [0.5, 0.6) is 0 Å². The molecule has 0 atom stereocenters. The minimum absolute atomic E-state index is 0.125. The van der Waals surface area contributed by atoms with E-state index in [1.807, 2.05) is 0 Å². The van der Waals surface area contributed by atoms with Crippen molar-refractivity contribution in [1.82, 2.24) is 15.1 Å². The van der Waals surface area contributed by atoms with Crippen LogP contribution in [0, 0.1) is 11.2 Å². The molecule has 2 aromatic rings. The summed E-state index contributed by atoms with van der Waals surface area (Å²) in [4.78, 5) is 8.23. The van der Waals surface area contributed by atoms with Gasteiger partial charge in [0.25, 0.3) is 0 Å². The van der Waals surface area contributed by atoms with Crippen LogP contribution in [0.1, 0.15) is 25.2 Å². The van der Waals surface area contributed by atoms with Crippen LogP contribution in [0.15, 0.2) is 22.9 Å². The van der Waals surface area contributed by atoms with Crippen LogP contribution in [-0.2, 0) is 6.42 Å². The van der Waals surface area contributed by atoms with E-state index in [1.165, 1.54) is 18.6 Å². The SMILES string of the molecule is NCC1(Cc2nc(-c3ccc(F)cn3)no2)CCC1. The maximum Gasteiger partial charge on any atom is 0.227 e. The Labute approximate surface area is 110 Å². The van der Waals surface area contributed by atoms with Crippen molar-refractivity contribution in [3.63, 3.8) is 0 Å². The van der Waals surface area contributed by atoms with Gasteiger partial charge in [0.05, 0.1) is 6.20 Å². The maximum absolute atomic E-state index is 12.8. The summed E-state index contributed by atoms with van der Waals surface area (Å²) in [6.07, 6.45) is 5.26. The van der Waals surface area contributed by atoms with Gasteiger partial charge >= 0.3 is 0 Å². The summed E-state index contributed by atoms with van der Waals surface area (Å²) in [6.45, 7) is 0.638. The fraction of sp³-hybridized carbons (Fsp3) is 0.462. The van der Waals surface area contributed by atoms with E-state index in [4.69, 9.17) is 10.3 Å². The summed E-state index contributed by atoms with van der Waals surface area (Å²) in [7, 11) is 0. The van der Waals surface area contributed by atoms with Crippen LogP contribution in [0.3, 0.4) is 0 Å². The highest BCUT2D eigenvalue weighted by Gasteiger charge is 2.37. The predicted molar refractivity (Wildman–Crippen MR) is 66.5 cm³/mol. The number of rotatable bonds is 4. The number of hydrogen-bond acceptors (Lipinski definition) is 5. The molecule has 2 N–H and O–H groups in total. The summed E-state index contributed by atoms with van der Waals surface area (Å²) >= 11 is 0. The molecule has 1 fully saturated rings. The van der Waals surface area contributed by atoms with Crippen LogP contribution in [0.2, 0.25) is 0 Å². The summed E-state index contributed by atoms with van der Waals surface area (Å²) in [5.74, 6) is 0.580. The monoisotopic (exact) mass is 262 g/mol. The van der Waals surface area contributed by atoms with Crippen molar-refractivity contribution in [3.8, 4) is 11.5 Å². The number of aromatic nitrogens is 3. The minimum atomic E-state index is -0.385. The van der Waals surface area contributed by atoms with E-state index in [2.05, 4.69) is 15.1 Å². The Bertz CT molecular complexity index is 557. The third-order valence-corrected chi connectivity index (χ3v) is 3.80. The van der Waals surface area contributed by atoms with E-state index in [9.17, 15) is 4.39 Å². The first-order valence-electron chi connectivity index (χ1n) is 6.35. The highest BCUT2D eigenvalue weighted by atomic mass is 19.1. The van der Waals surface area contributed by atoms with Gasteiger partial charge in [0.1, 0.15) is 11.5 Å². The molecule has 0 saturated heterocycles. The summed E-state index contributed by atoms with van der Waals surface area (Å²) in [5.41, 5.74) is 6.44. The maximum atomic E-state index is 12.8. The summed E-state index contributed by atoms with van der Waals surface area (Å²) in [6, 6.07) is 2.86. The Morgan fingerprint density at radius 1 is 1.37 bits per heavy atom. The normalized spacial score (nSPS) is 17.2. The lowest BCUT2D eigenvalue weighted by atomic mass is 9.67.